The normalized spacial score (nSPS) is 14.1. The number of hydrogen-bond donors (Lipinski definition) is 2. The summed E-state index contributed by atoms with van der Waals surface area (Å²) in [5.74, 6) is -2.82. The topological polar surface area (TPSA) is 139 Å². The number of nitrogens with one attached hydrogen (secondary N) is 1. The smallest absolute Gasteiger partial charge is 0.480 e. The molecule has 0 saturated heterocycles. The van der Waals surface area contributed by atoms with Gasteiger partial charge in [-0.2, -0.15) is 21.6 Å². The molecular weight excluding hydrogens is 473 g/mol. The van der Waals surface area contributed by atoms with Crippen LogP contribution in [-0.2, 0) is 30.9 Å². The number of nitrogens with zero attached hydrogens (tertiary/aromatic N) is 1. The van der Waals surface area contributed by atoms with E-state index >= 15 is 0 Å². The first kappa shape index (κ1) is 28.0. The van der Waals surface area contributed by atoms with Crippen LogP contribution in [0.5, 0.6) is 5.75 Å². The summed E-state index contributed by atoms with van der Waals surface area (Å²) in [5, 5.41) is 11.7. The molecule has 0 heterocycles. The van der Waals surface area contributed by atoms with Crippen molar-refractivity contribution in [1.29, 1.82) is 0 Å². The van der Waals surface area contributed by atoms with Gasteiger partial charge in [0.25, 0.3) is 0 Å². The largest absolute Gasteiger partial charge is 0.534 e. The Balaban J connectivity index is 2.85. The fourth-order valence-electron chi connectivity index (χ4n) is 2.25. The highest BCUT2D eigenvalue weighted by molar-refractivity contribution is 7.88. The molecule has 0 saturated carbocycles. The van der Waals surface area contributed by atoms with E-state index < -0.39 is 57.0 Å². The van der Waals surface area contributed by atoms with Crippen molar-refractivity contribution in [3.8, 4) is 5.75 Å². The summed E-state index contributed by atoms with van der Waals surface area (Å²) in [7, 11) is -4.54. The molecule has 0 spiro atoms. The lowest BCUT2D eigenvalue weighted by Crippen LogP contribution is -2.52. The maximum atomic E-state index is 12.4. The highest BCUT2D eigenvalue weighted by atomic mass is 32.2. The number of carbonyl (C=O) groups is 3. The van der Waals surface area contributed by atoms with Crippen molar-refractivity contribution in [2.45, 2.75) is 57.3 Å². The van der Waals surface area contributed by atoms with Crippen LogP contribution < -0.4 is 9.50 Å². The number of aliphatic carboxylic acids is 1. The summed E-state index contributed by atoms with van der Waals surface area (Å²) < 4.78 is 68.3. The van der Waals surface area contributed by atoms with Crippen LogP contribution >= 0.6 is 0 Å². The maximum absolute atomic E-state index is 12.4. The van der Waals surface area contributed by atoms with Crippen LogP contribution in [0.3, 0.4) is 0 Å². The van der Waals surface area contributed by atoms with Crippen LogP contribution in [0.1, 0.15) is 33.3 Å². The molecule has 0 aromatic heterocycles. The number of rotatable bonds is 8. The highest BCUT2D eigenvalue weighted by Gasteiger charge is 2.48. The van der Waals surface area contributed by atoms with Gasteiger partial charge in [0, 0.05) is 13.5 Å². The monoisotopic (exact) mass is 498 g/mol. The van der Waals surface area contributed by atoms with Gasteiger partial charge in [0.1, 0.15) is 23.4 Å². The summed E-state index contributed by atoms with van der Waals surface area (Å²) in [6, 6.07) is 1.61. The third kappa shape index (κ3) is 8.44. The summed E-state index contributed by atoms with van der Waals surface area (Å²) in [6.07, 6.45) is -1.07. The van der Waals surface area contributed by atoms with Crippen molar-refractivity contribution in [3.05, 3.63) is 29.8 Å². The zero-order valence-corrected chi connectivity index (χ0v) is 19.3. The molecule has 0 bridgehead atoms. The molecular formula is C19H25F3N2O8S. The minimum Gasteiger partial charge on any atom is -0.480 e. The molecule has 0 aliphatic rings. The van der Waals surface area contributed by atoms with E-state index in [1.807, 2.05) is 0 Å². The molecule has 2 amide bonds. The van der Waals surface area contributed by atoms with Crippen LogP contribution in [0, 0.1) is 0 Å². The van der Waals surface area contributed by atoms with E-state index in [4.69, 9.17) is 4.74 Å². The van der Waals surface area contributed by atoms with Crippen molar-refractivity contribution in [1.82, 2.24) is 10.2 Å². The van der Waals surface area contributed by atoms with E-state index in [2.05, 4.69) is 9.50 Å². The van der Waals surface area contributed by atoms with Gasteiger partial charge in [-0.1, -0.05) is 12.1 Å². The number of halogens is 3. The number of ether oxygens (including phenoxy) is 1. The van der Waals surface area contributed by atoms with E-state index in [0.29, 0.717) is 0 Å². The number of hydrogen-bond acceptors (Lipinski definition) is 7. The van der Waals surface area contributed by atoms with Gasteiger partial charge < -0.3 is 19.3 Å². The van der Waals surface area contributed by atoms with Crippen molar-refractivity contribution < 1.29 is 50.0 Å². The number of benzene rings is 1. The summed E-state index contributed by atoms with van der Waals surface area (Å²) >= 11 is 0. The lowest BCUT2D eigenvalue weighted by molar-refractivity contribution is -0.142. The molecule has 0 aliphatic heterocycles. The molecule has 2 N–H and O–H groups in total. The summed E-state index contributed by atoms with van der Waals surface area (Å²) in [5.41, 5.74) is -6.15. The first-order chi connectivity index (χ1) is 14.8. The van der Waals surface area contributed by atoms with Crippen molar-refractivity contribution in [3.63, 3.8) is 0 Å². The highest BCUT2D eigenvalue weighted by Crippen LogP contribution is 2.27. The minimum absolute atomic E-state index is 0.257. The molecule has 0 fully saturated rings. The molecule has 1 aromatic carbocycles. The third-order valence-electron chi connectivity index (χ3n) is 4.11. The standard InChI is InChI=1S/C19H25F3N2O8S/c1-11(24(5)17(28)31-18(2,3)4)15(25)23-14(16(26)27)10-12-6-8-13(9-7-12)32-33(29,30)19(20,21)22/h6-9,11,14H,10H2,1-5H3,(H,23,25)(H,26,27). The Kier molecular flexibility index (Phi) is 8.72. The number of carboxylic acids is 1. The Hall–Kier alpha value is -3.03. The molecule has 1 aromatic rings. The van der Waals surface area contributed by atoms with E-state index in [1.165, 1.54) is 14.0 Å². The molecule has 2 unspecified atom stereocenters. The van der Waals surface area contributed by atoms with E-state index in [1.54, 1.807) is 20.8 Å². The van der Waals surface area contributed by atoms with Gasteiger partial charge in [-0.05, 0) is 45.4 Å². The quantitative estimate of drug-likeness (QED) is 0.411. The average Bonchev–Trinajstić information content (AvgIpc) is 2.65. The molecule has 0 aliphatic carbocycles. The number of amides is 2. The van der Waals surface area contributed by atoms with E-state index in [-0.39, 0.29) is 12.0 Å². The van der Waals surface area contributed by atoms with Crippen molar-refractivity contribution in [2.24, 2.45) is 0 Å². The first-order valence-electron chi connectivity index (χ1n) is 9.42. The predicted molar refractivity (Wildman–Crippen MR) is 109 cm³/mol. The number of likely N-dealkylation sites (N-methyl/N-ethyl adjacent to an activating group) is 1. The van der Waals surface area contributed by atoms with Crippen LogP contribution in [0.2, 0.25) is 0 Å². The SMILES string of the molecule is CC(C(=O)NC(Cc1ccc(OS(=O)(=O)C(F)(F)F)cc1)C(=O)O)N(C)C(=O)OC(C)(C)C. The van der Waals surface area contributed by atoms with Gasteiger partial charge in [0.05, 0.1) is 0 Å². The van der Waals surface area contributed by atoms with Gasteiger partial charge >= 0.3 is 27.7 Å². The second-order valence-electron chi connectivity index (χ2n) is 8.00. The molecule has 1 rings (SSSR count). The first-order valence-corrected chi connectivity index (χ1v) is 10.8. The molecule has 2 atom stereocenters. The molecule has 14 heteroatoms. The zero-order valence-electron chi connectivity index (χ0n) is 18.5. The summed E-state index contributed by atoms with van der Waals surface area (Å²) in [6.45, 7) is 6.28. The molecule has 10 nitrogen and oxygen atoms in total. The van der Waals surface area contributed by atoms with Crippen LogP contribution in [0.25, 0.3) is 0 Å². The lowest BCUT2D eigenvalue weighted by atomic mass is 10.1. The fraction of sp³-hybridized carbons (Fsp3) is 0.526. The van der Waals surface area contributed by atoms with Crippen molar-refractivity contribution >= 4 is 28.1 Å². The van der Waals surface area contributed by atoms with Gasteiger partial charge in [-0.25, -0.2) is 9.59 Å². The van der Waals surface area contributed by atoms with Gasteiger partial charge in [-0.3, -0.25) is 9.69 Å². The van der Waals surface area contributed by atoms with Crippen LogP contribution in [0.4, 0.5) is 18.0 Å². The Bertz CT molecular complexity index is 972. The van der Waals surface area contributed by atoms with Gasteiger partial charge in [0.15, 0.2) is 0 Å². The second kappa shape index (κ2) is 10.3. The Morgan fingerprint density at radius 1 is 1.12 bits per heavy atom. The maximum Gasteiger partial charge on any atom is 0.534 e. The Morgan fingerprint density at radius 2 is 1.64 bits per heavy atom. The number of carboxylic acid groups (broad SMARTS) is 1. The predicted octanol–water partition coefficient (Wildman–Crippen LogP) is 2.28. The molecule has 186 valence electrons. The average molecular weight is 498 g/mol. The zero-order chi connectivity index (χ0) is 25.8. The second-order valence-corrected chi connectivity index (χ2v) is 9.54. The Morgan fingerprint density at radius 3 is 2.06 bits per heavy atom. The molecule has 0 radical (unpaired) electrons. The van der Waals surface area contributed by atoms with Crippen LogP contribution in [-0.4, -0.2) is 66.6 Å². The Labute approximate surface area is 188 Å². The van der Waals surface area contributed by atoms with E-state index in [9.17, 15) is 41.1 Å². The number of alkyl halides is 3. The number of carbonyl (C=O) groups excluding carboxylic acids is 2. The fourth-order valence-corrected chi connectivity index (χ4v) is 2.71. The van der Waals surface area contributed by atoms with Gasteiger partial charge in [0.2, 0.25) is 5.91 Å². The lowest BCUT2D eigenvalue weighted by Gasteiger charge is -2.28. The van der Waals surface area contributed by atoms with Crippen LogP contribution in [0.15, 0.2) is 24.3 Å². The van der Waals surface area contributed by atoms with E-state index in [0.717, 1.165) is 29.2 Å². The van der Waals surface area contributed by atoms with Gasteiger partial charge in [-0.15, -0.1) is 0 Å². The third-order valence-corrected chi connectivity index (χ3v) is 5.09. The molecule has 33 heavy (non-hydrogen) atoms. The summed E-state index contributed by atoms with van der Waals surface area (Å²) in [4.78, 5) is 37.1. The van der Waals surface area contributed by atoms with Crippen molar-refractivity contribution in [2.75, 3.05) is 7.05 Å². The minimum atomic E-state index is -5.85.